The van der Waals surface area contributed by atoms with Gasteiger partial charge in [-0.2, -0.15) is 5.48 Å². The standard InChI is InChI=1S/C11H27N2O/c1-6-8-9-10-12-14-11(7-2)13(3,4)5/h11-12H,6-10H2,1-5H3/q+1. The first-order chi connectivity index (χ1) is 6.52. The summed E-state index contributed by atoms with van der Waals surface area (Å²) in [5.74, 6) is 0. The predicted molar refractivity (Wildman–Crippen MR) is 60.7 cm³/mol. The van der Waals surface area contributed by atoms with Crippen molar-refractivity contribution in [1.29, 1.82) is 0 Å². The van der Waals surface area contributed by atoms with Crippen molar-refractivity contribution in [3.05, 3.63) is 0 Å². The lowest BCUT2D eigenvalue weighted by atomic mass is 10.3. The smallest absolute Gasteiger partial charge is 0.210 e. The molecule has 0 amide bonds. The Hall–Kier alpha value is -0.120. The zero-order chi connectivity index (χ0) is 11.0. The summed E-state index contributed by atoms with van der Waals surface area (Å²) in [7, 11) is 6.46. The Bertz CT molecular complexity index is 132. The fourth-order valence-electron chi connectivity index (χ4n) is 1.39. The number of hydrogen-bond acceptors (Lipinski definition) is 2. The second-order valence-corrected chi connectivity index (χ2v) is 4.70. The van der Waals surface area contributed by atoms with E-state index >= 15 is 0 Å². The van der Waals surface area contributed by atoms with Crippen molar-refractivity contribution in [3.63, 3.8) is 0 Å². The van der Waals surface area contributed by atoms with Gasteiger partial charge in [0.2, 0.25) is 6.23 Å². The van der Waals surface area contributed by atoms with Crippen LogP contribution in [0.2, 0.25) is 0 Å². The average Bonchev–Trinajstić information content (AvgIpc) is 2.09. The molecule has 0 spiro atoms. The Morgan fingerprint density at radius 1 is 1.14 bits per heavy atom. The van der Waals surface area contributed by atoms with Gasteiger partial charge in [-0.25, -0.2) is 4.84 Å². The Balaban J connectivity index is 3.54. The SMILES string of the molecule is CCCCCNOC(CC)[N+](C)(C)C. The van der Waals surface area contributed by atoms with Gasteiger partial charge in [0, 0.05) is 13.0 Å². The monoisotopic (exact) mass is 203 g/mol. The van der Waals surface area contributed by atoms with Crippen molar-refractivity contribution in [2.24, 2.45) is 0 Å². The number of nitrogens with one attached hydrogen (secondary N) is 1. The second-order valence-electron chi connectivity index (χ2n) is 4.70. The van der Waals surface area contributed by atoms with Crippen molar-refractivity contribution < 1.29 is 9.32 Å². The van der Waals surface area contributed by atoms with Crippen LogP contribution >= 0.6 is 0 Å². The van der Waals surface area contributed by atoms with Gasteiger partial charge in [-0.05, 0) is 6.42 Å². The molecule has 0 aromatic rings. The number of quaternary nitrogens is 1. The maximum Gasteiger partial charge on any atom is 0.210 e. The van der Waals surface area contributed by atoms with E-state index in [9.17, 15) is 0 Å². The zero-order valence-corrected chi connectivity index (χ0v) is 10.5. The summed E-state index contributed by atoms with van der Waals surface area (Å²) in [5.41, 5.74) is 3.06. The van der Waals surface area contributed by atoms with Crippen molar-refractivity contribution in [3.8, 4) is 0 Å². The molecule has 0 radical (unpaired) electrons. The first-order valence-corrected chi connectivity index (χ1v) is 5.72. The summed E-state index contributed by atoms with van der Waals surface area (Å²) in [6, 6.07) is 0. The number of hydroxylamine groups is 1. The molecule has 1 unspecified atom stereocenters. The van der Waals surface area contributed by atoms with Crippen LogP contribution in [0.15, 0.2) is 0 Å². The Labute approximate surface area is 89.0 Å². The third-order valence-electron chi connectivity index (χ3n) is 2.31. The number of hydrogen-bond donors (Lipinski definition) is 1. The molecule has 1 N–H and O–H groups in total. The molecule has 0 aliphatic carbocycles. The summed E-state index contributed by atoms with van der Waals surface area (Å²) in [6.45, 7) is 5.33. The van der Waals surface area contributed by atoms with Crippen molar-refractivity contribution in [2.45, 2.75) is 45.8 Å². The molecule has 0 saturated heterocycles. The van der Waals surface area contributed by atoms with Gasteiger partial charge in [0.15, 0.2) is 0 Å². The van der Waals surface area contributed by atoms with Gasteiger partial charge in [-0.15, -0.1) is 0 Å². The van der Waals surface area contributed by atoms with Crippen LogP contribution in [0.4, 0.5) is 0 Å². The molecular weight excluding hydrogens is 176 g/mol. The fraction of sp³-hybridized carbons (Fsp3) is 1.00. The van der Waals surface area contributed by atoms with E-state index in [1.54, 1.807) is 0 Å². The highest BCUT2D eigenvalue weighted by atomic mass is 16.7. The molecule has 0 fully saturated rings. The van der Waals surface area contributed by atoms with Gasteiger partial charge in [-0.1, -0.05) is 26.7 Å². The van der Waals surface area contributed by atoms with E-state index in [1.165, 1.54) is 19.3 Å². The van der Waals surface area contributed by atoms with Gasteiger partial charge in [-0.3, -0.25) is 0 Å². The van der Waals surface area contributed by atoms with E-state index in [2.05, 4.69) is 40.5 Å². The van der Waals surface area contributed by atoms with Crippen molar-refractivity contribution in [1.82, 2.24) is 5.48 Å². The molecule has 1 atom stereocenters. The number of unbranched alkanes of at least 4 members (excludes halogenated alkanes) is 2. The Morgan fingerprint density at radius 2 is 1.79 bits per heavy atom. The molecule has 0 aliphatic heterocycles. The van der Waals surface area contributed by atoms with E-state index in [1.807, 2.05) is 0 Å². The molecule has 0 aliphatic rings. The lowest BCUT2D eigenvalue weighted by Gasteiger charge is -2.32. The van der Waals surface area contributed by atoms with Crippen LogP contribution in [-0.2, 0) is 4.84 Å². The van der Waals surface area contributed by atoms with Gasteiger partial charge in [0.05, 0.1) is 21.1 Å². The fourth-order valence-corrected chi connectivity index (χ4v) is 1.39. The number of nitrogens with zero attached hydrogens (tertiary/aromatic N) is 1. The van der Waals surface area contributed by atoms with Gasteiger partial charge in [0.1, 0.15) is 0 Å². The zero-order valence-electron chi connectivity index (χ0n) is 10.5. The highest BCUT2D eigenvalue weighted by Crippen LogP contribution is 2.07. The van der Waals surface area contributed by atoms with Crippen molar-refractivity contribution >= 4 is 0 Å². The van der Waals surface area contributed by atoms with E-state index < -0.39 is 0 Å². The predicted octanol–water partition coefficient (Wildman–Crippen LogP) is 2.14. The topological polar surface area (TPSA) is 21.3 Å². The molecule has 3 nitrogen and oxygen atoms in total. The highest BCUT2D eigenvalue weighted by molar-refractivity contribution is 4.41. The van der Waals surface area contributed by atoms with E-state index in [0.29, 0.717) is 0 Å². The molecule has 0 aromatic carbocycles. The molecule has 0 rings (SSSR count). The maximum absolute atomic E-state index is 5.62. The minimum Gasteiger partial charge on any atom is -0.305 e. The molecule has 0 saturated carbocycles. The van der Waals surface area contributed by atoms with Crippen molar-refractivity contribution in [2.75, 3.05) is 27.7 Å². The molecule has 14 heavy (non-hydrogen) atoms. The van der Waals surface area contributed by atoms with E-state index in [4.69, 9.17) is 4.84 Å². The molecular formula is C11H27N2O+. The van der Waals surface area contributed by atoms with Gasteiger partial charge >= 0.3 is 0 Å². The molecule has 0 aromatic heterocycles. The van der Waals surface area contributed by atoms with Crippen LogP contribution in [0.25, 0.3) is 0 Å². The van der Waals surface area contributed by atoms with E-state index in [-0.39, 0.29) is 6.23 Å². The maximum atomic E-state index is 5.62. The lowest BCUT2D eigenvalue weighted by Crippen LogP contribution is -2.48. The largest absolute Gasteiger partial charge is 0.305 e. The normalized spacial score (nSPS) is 14.4. The number of rotatable bonds is 8. The Morgan fingerprint density at radius 3 is 2.21 bits per heavy atom. The summed E-state index contributed by atoms with van der Waals surface area (Å²) < 4.78 is 0.845. The molecule has 0 bridgehead atoms. The van der Waals surface area contributed by atoms with Gasteiger partial charge < -0.3 is 4.48 Å². The first-order valence-electron chi connectivity index (χ1n) is 5.72. The highest BCUT2D eigenvalue weighted by Gasteiger charge is 2.22. The summed E-state index contributed by atoms with van der Waals surface area (Å²) in [6.07, 6.45) is 5.01. The minimum absolute atomic E-state index is 0.247. The van der Waals surface area contributed by atoms with Crippen LogP contribution in [-0.4, -0.2) is 38.4 Å². The first kappa shape index (κ1) is 13.9. The van der Waals surface area contributed by atoms with E-state index in [0.717, 1.165) is 17.4 Å². The third kappa shape index (κ3) is 6.35. The molecule has 3 heteroatoms. The minimum atomic E-state index is 0.247. The van der Waals surface area contributed by atoms with Crippen LogP contribution in [0, 0.1) is 0 Å². The van der Waals surface area contributed by atoms with Gasteiger partial charge in [0.25, 0.3) is 0 Å². The average molecular weight is 203 g/mol. The van der Waals surface area contributed by atoms with Crippen LogP contribution in [0.5, 0.6) is 0 Å². The lowest BCUT2D eigenvalue weighted by molar-refractivity contribution is -0.922. The van der Waals surface area contributed by atoms with Crippen LogP contribution in [0.1, 0.15) is 39.5 Å². The van der Waals surface area contributed by atoms with Crippen LogP contribution in [0.3, 0.4) is 0 Å². The summed E-state index contributed by atoms with van der Waals surface area (Å²) >= 11 is 0. The Kier molecular flexibility index (Phi) is 7.15. The summed E-state index contributed by atoms with van der Waals surface area (Å²) in [4.78, 5) is 5.62. The quantitative estimate of drug-likeness (QED) is 0.282. The second kappa shape index (κ2) is 7.21. The molecule has 86 valence electrons. The summed E-state index contributed by atoms with van der Waals surface area (Å²) in [5, 5.41) is 0. The van der Waals surface area contributed by atoms with Crippen LogP contribution < -0.4 is 5.48 Å². The molecule has 0 heterocycles. The third-order valence-corrected chi connectivity index (χ3v) is 2.31.